The average molecular weight is 332 g/mol. The monoisotopic (exact) mass is 332 g/mol. The normalized spacial score (nSPS) is 15.1. The fourth-order valence-electron chi connectivity index (χ4n) is 2.28. The lowest BCUT2D eigenvalue weighted by molar-refractivity contribution is -0.120. The number of thioether (sulfide) groups is 1. The van der Waals surface area contributed by atoms with E-state index in [0.29, 0.717) is 0 Å². The molecule has 2 atom stereocenters. The molecular weight excluding hydrogens is 308 g/mol. The molecule has 0 saturated heterocycles. The first-order valence-corrected chi connectivity index (χ1v) is 8.88. The van der Waals surface area contributed by atoms with Gasteiger partial charge in [0.05, 0.1) is 11.4 Å². The van der Waals surface area contributed by atoms with Crippen LogP contribution in [-0.4, -0.2) is 33.9 Å². The molecule has 0 radical (unpaired) electrons. The summed E-state index contributed by atoms with van der Waals surface area (Å²) in [5.41, 5.74) is -0.882. The predicted molar refractivity (Wildman–Crippen MR) is 95.6 cm³/mol. The van der Waals surface area contributed by atoms with Crippen molar-refractivity contribution >= 4 is 28.4 Å². The lowest BCUT2D eigenvalue weighted by Crippen LogP contribution is -2.45. The fraction of sp³-hybridized carbons (Fsp3) is 0.444. The van der Waals surface area contributed by atoms with Gasteiger partial charge >= 0.3 is 0 Å². The Bertz CT molecular complexity index is 668. The third-order valence-electron chi connectivity index (χ3n) is 4.29. The molecule has 0 bridgehead atoms. The number of carbonyl (C=O) groups is 1. The number of hydrogen-bond acceptors (Lipinski definition) is 4. The van der Waals surface area contributed by atoms with Gasteiger partial charge in [-0.2, -0.15) is 0 Å². The van der Waals surface area contributed by atoms with Crippen molar-refractivity contribution in [2.24, 2.45) is 5.92 Å². The minimum atomic E-state index is -0.882. The van der Waals surface area contributed by atoms with E-state index in [9.17, 15) is 9.90 Å². The van der Waals surface area contributed by atoms with Gasteiger partial charge in [0.25, 0.3) is 0 Å². The van der Waals surface area contributed by atoms with Crippen LogP contribution >= 0.6 is 11.8 Å². The van der Waals surface area contributed by atoms with Crippen molar-refractivity contribution in [3.8, 4) is 0 Å². The van der Waals surface area contributed by atoms with E-state index in [1.807, 2.05) is 44.2 Å². The van der Waals surface area contributed by atoms with Crippen molar-refractivity contribution in [3.63, 3.8) is 0 Å². The predicted octanol–water partition coefficient (Wildman–Crippen LogP) is 3.24. The Morgan fingerprint density at radius 2 is 2.13 bits per heavy atom. The second kappa shape index (κ2) is 7.79. The molecule has 1 aromatic heterocycles. The summed E-state index contributed by atoms with van der Waals surface area (Å²) in [6.45, 7) is 6.05. The summed E-state index contributed by atoms with van der Waals surface area (Å²) < 4.78 is 0. The number of nitrogens with zero attached hydrogens (tertiary/aromatic N) is 1. The van der Waals surface area contributed by atoms with E-state index in [1.165, 1.54) is 11.8 Å². The van der Waals surface area contributed by atoms with Crippen molar-refractivity contribution in [2.75, 3.05) is 12.3 Å². The van der Waals surface area contributed by atoms with Gasteiger partial charge < -0.3 is 10.4 Å². The fourth-order valence-corrected chi connectivity index (χ4v) is 3.13. The van der Waals surface area contributed by atoms with Crippen LogP contribution in [0.25, 0.3) is 10.8 Å². The minimum absolute atomic E-state index is 0.0895. The zero-order valence-corrected chi connectivity index (χ0v) is 14.7. The number of rotatable bonds is 7. The molecule has 4 nitrogen and oxygen atoms in total. The summed E-state index contributed by atoms with van der Waals surface area (Å²) >= 11 is 1.42. The molecular formula is C18H24N2O2S. The van der Waals surface area contributed by atoms with E-state index in [-0.39, 0.29) is 24.1 Å². The molecule has 5 heteroatoms. The standard InChI is InChI=1S/C18H24N2O2S/c1-4-13(2)18(3,22)12-20-16(21)11-23-17-15-8-6-5-7-14(15)9-10-19-17/h5-10,13,22H,4,11-12H2,1-3H3,(H,20,21). The SMILES string of the molecule is CCC(C)C(C)(O)CNC(=O)CSc1nccc2ccccc12. The number of amides is 1. The molecule has 2 unspecified atom stereocenters. The molecule has 1 aromatic carbocycles. The van der Waals surface area contributed by atoms with Gasteiger partial charge in [0.15, 0.2) is 0 Å². The Morgan fingerprint density at radius 1 is 1.39 bits per heavy atom. The van der Waals surface area contributed by atoms with Crippen LogP contribution < -0.4 is 5.32 Å². The van der Waals surface area contributed by atoms with Crippen molar-refractivity contribution < 1.29 is 9.90 Å². The zero-order valence-electron chi connectivity index (χ0n) is 13.9. The highest BCUT2D eigenvalue weighted by Crippen LogP contribution is 2.25. The topological polar surface area (TPSA) is 62.2 Å². The first kappa shape index (κ1) is 17.8. The van der Waals surface area contributed by atoms with E-state index >= 15 is 0 Å². The first-order valence-electron chi connectivity index (χ1n) is 7.89. The Kier molecular flexibility index (Phi) is 6.02. The molecule has 0 saturated carbocycles. The number of aromatic nitrogens is 1. The van der Waals surface area contributed by atoms with Crippen LogP contribution in [-0.2, 0) is 4.79 Å². The van der Waals surface area contributed by atoms with Crippen LogP contribution in [0.1, 0.15) is 27.2 Å². The maximum absolute atomic E-state index is 12.0. The Labute approximate surface area is 141 Å². The first-order chi connectivity index (χ1) is 10.9. The number of fused-ring (bicyclic) bond motifs is 1. The average Bonchev–Trinajstić information content (AvgIpc) is 2.57. The molecule has 0 aliphatic carbocycles. The molecule has 0 aliphatic rings. The van der Waals surface area contributed by atoms with Crippen LogP contribution in [0.2, 0.25) is 0 Å². The van der Waals surface area contributed by atoms with E-state index in [4.69, 9.17) is 0 Å². The molecule has 2 N–H and O–H groups in total. The van der Waals surface area contributed by atoms with E-state index < -0.39 is 5.60 Å². The summed E-state index contributed by atoms with van der Waals surface area (Å²) in [5, 5.41) is 16.2. The zero-order chi connectivity index (χ0) is 16.9. The maximum Gasteiger partial charge on any atom is 0.230 e. The molecule has 0 spiro atoms. The molecule has 0 fully saturated rings. The molecule has 1 amide bonds. The van der Waals surface area contributed by atoms with Gasteiger partial charge in [-0.1, -0.05) is 56.3 Å². The van der Waals surface area contributed by atoms with Crippen molar-refractivity contribution in [1.29, 1.82) is 0 Å². The second-order valence-electron chi connectivity index (χ2n) is 6.07. The van der Waals surface area contributed by atoms with E-state index in [0.717, 1.165) is 22.2 Å². The van der Waals surface area contributed by atoms with Crippen LogP contribution in [0.4, 0.5) is 0 Å². The van der Waals surface area contributed by atoms with Gasteiger partial charge in [0, 0.05) is 18.1 Å². The summed E-state index contributed by atoms with van der Waals surface area (Å²) in [6.07, 6.45) is 2.63. The highest BCUT2D eigenvalue weighted by atomic mass is 32.2. The number of hydrogen-bond donors (Lipinski definition) is 2. The van der Waals surface area contributed by atoms with Gasteiger partial charge in [0.2, 0.25) is 5.91 Å². The smallest absolute Gasteiger partial charge is 0.230 e. The molecule has 124 valence electrons. The van der Waals surface area contributed by atoms with Crippen LogP contribution in [0.15, 0.2) is 41.6 Å². The van der Waals surface area contributed by atoms with Gasteiger partial charge in [0.1, 0.15) is 5.03 Å². The van der Waals surface area contributed by atoms with Crippen molar-refractivity contribution in [1.82, 2.24) is 10.3 Å². The summed E-state index contributed by atoms with van der Waals surface area (Å²) in [4.78, 5) is 16.4. The van der Waals surface area contributed by atoms with Crippen molar-refractivity contribution in [2.45, 2.75) is 37.8 Å². The molecule has 2 aromatic rings. The largest absolute Gasteiger partial charge is 0.388 e. The maximum atomic E-state index is 12.0. The van der Waals surface area contributed by atoms with Crippen LogP contribution in [0.3, 0.4) is 0 Å². The Hall–Kier alpha value is -1.59. The van der Waals surface area contributed by atoms with Crippen LogP contribution in [0.5, 0.6) is 0 Å². The summed E-state index contributed by atoms with van der Waals surface area (Å²) in [7, 11) is 0. The number of pyridine rings is 1. The lowest BCUT2D eigenvalue weighted by Gasteiger charge is -2.29. The summed E-state index contributed by atoms with van der Waals surface area (Å²) in [6, 6.07) is 9.96. The highest BCUT2D eigenvalue weighted by Gasteiger charge is 2.27. The molecule has 2 rings (SSSR count). The quantitative estimate of drug-likeness (QED) is 0.764. The third kappa shape index (κ3) is 4.69. The van der Waals surface area contributed by atoms with E-state index in [2.05, 4.69) is 10.3 Å². The third-order valence-corrected chi connectivity index (χ3v) is 5.30. The lowest BCUT2D eigenvalue weighted by atomic mass is 9.89. The number of benzene rings is 1. The Morgan fingerprint density at radius 3 is 2.87 bits per heavy atom. The van der Waals surface area contributed by atoms with E-state index in [1.54, 1.807) is 13.1 Å². The molecule has 23 heavy (non-hydrogen) atoms. The minimum Gasteiger partial charge on any atom is -0.388 e. The number of aliphatic hydroxyl groups is 1. The Balaban J connectivity index is 1.91. The highest BCUT2D eigenvalue weighted by molar-refractivity contribution is 8.00. The molecule has 1 heterocycles. The van der Waals surface area contributed by atoms with Gasteiger partial charge in [-0.3, -0.25) is 4.79 Å². The van der Waals surface area contributed by atoms with Crippen LogP contribution in [0, 0.1) is 5.92 Å². The molecule has 0 aliphatic heterocycles. The summed E-state index contributed by atoms with van der Waals surface area (Å²) in [5.74, 6) is 0.334. The second-order valence-corrected chi connectivity index (χ2v) is 7.03. The number of nitrogens with one attached hydrogen (secondary N) is 1. The number of carbonyl (C=O) groups excluding carboxylic acids is 1. The van der Waals surface area contributed by atoms with Crippen molar-refractivity contribution in [3.05, 3.63) is 36.5 Å². The van der Waals surface area contributed by atoms with Gasteiger partial charge in [-0.25, -0.2) is 4.98 Å². The van der Waals surface area contributed by atoms with Gasteiger partial charge in [-0.15, -0.1) is 0 Å². The van der Waals surface area contributed by atoms with Gasteiger partial charge in [-0.05, 0) is 24.3 Å².